The molecule has 0 atom stereocenters. The van der Waals surface area contributed by atoms with Crippen molar-refractivity contribution in [3.05, 3.63) is 29.8 Å². The van der Waals surface area contributed by atoms with Gasteiger partial charge in [0.25, 0.3) is 0 Å². The highest BCUT2D eigenvalue weighted by molar-refractivity contribution is 8.70. The SMILES string of the molecule is COc1ccc(CCN=C(N)CSS(=O)(=O)O)cc1. The third-order valence-electron chi connectivity index (χ3n) is 2.23. The van der Waals surface area contributed by atoms with Crippen molar-refractivity contribution in [3.63, 3.8) is 0 Å². The maximum Gasteiger partial charge on any atom is 0.320 e. The van der Waals surface area contributed by atoms with E-state index in [0.29, 0.717) is 23.8 Å². The van der Waals surface area contributed by atoms with Crippen molar-refractivity contribution in [2.45, 2.75) is 6.42 Å². The standard InChI is InChI=1S/C11H16N2O4S2/c1-17-10-4-2-9(3-5-10)6-7-13-11(12)8-18-19(14,15)16/h2-5H,6-8H2,1H3,(H2,12,13)(H,14,15,16). The number of nitrogens with two attached hydrogens (primary N) is 1. The van der Waals surface area contributed by atoms with Crippen LogP contribution in [0.2, 0.25) is 0 Å². The smallest absolute Gasteiger partial charge is 0.320 e. The second kappa shape index (κ2) is 7.37. The number of amidine groups is 1. The Morgan fingerprint density at radius 1 is 1.42 bits per heavy atom. The first-order chi connectivity index (χ1) is 8.90. The van der Waals surface area contributed by atoms with Gasteiger partial charge in [0.15, 0.2) is 0 Å². The van der Waals surface area contributed by atoms with Crippen LogP contribution in [0.4, 0.5) is 0 Å². The van der Waals surface area contributed by atoms with Crippen molar-refractivity contribution in [3.8, 4) is 5.75 Å². The predicted molar refractivity (Wildman–Crippen MR) is 77.2 cm³/mol. The molecule has 0 aliphatic rings. The van der Waals surface area contributed by atoms with Gasteiger partial charge in [-0.3, -0.25) is 9.55 Å². The number of rotatable bonds is 7. The number of benzene rings is 1. The van der Waals surface area contributed by atoms with Crippen LogP contribution in [-0.4, -0.2) is 38.2 Å². The van der Waals surface area contributed by atoms with E-state index in [-0.39, 0.29) is 11.6 Å². The monoisotopic (exact) mass is 304 g/mol. The molecule has 0 saturated carbocycles. The Kier molecular flexibility index (Phi) is 6.13. The predicted octanol–water partition coefficient (Wildman–Crippen LogP) is 1.13. The Labute approximate surface area is 116 Å². The molecule has 0 bridgehead atoms. The molecule has 0 aromatic heterocycles. The molecular weight excluding hydrogens is 288 g/mol. The van der Waals surface area contributed by atoms with Crippen LogP contribution < -0.4 is 10.5 Å². The second-order valence-corrected chi connectivity index (χ2v) is 7.01. The van der Waals surface area contributed by atoms with Gasteiger partial charge in [-0.1, -0.05) is 12.1 Å². The van der Waals surface area contributed by atoms with Crippen LogP contribution in [0.3, 0.4) is 0 Å². The zero-order valence-corrected chi connectivity index (χ0v) is 12.1. The minimum atomic E-state index is -4.06. The molecule has 0 saturated heterocycles. The third-order valence-corrected chi connectivity index (χ3v) is 4.19. The highest BCUT2D eigenvalue weighted by Crippen LogP contribution is 2.12. The third kappa shape index (κ3) is 7.04. The molecule has 0 aliphatic carbocycles. The molecule has 0 amide bonds. The van der Waals surface area contributed by atoms with E-state index in [1.54, 1.807) is 7.11 Å². The van der Waals surface area contributed by atoms with Gasteiger partial charge in [-0.25, -0.2) is 0 Å². The summed E-state index contributed by atoms with van der Waals surface area (Å²) in [5, 5.41) is 0. The van der Waals surface area contributed by atoms with Gasteiger partial charge in [0.1, 0.15) is 11.6 Å². The Morgan fingerprint density at radius 2 is 2.05 bits per heavy atom. The van der Waals surface area contributed by atoms with Crippen molar-refractivity contribution < 1.29 is 17.7 Å². The molecule has 1 aromatic carbocycles. The summed E-state index contributed by atoms with van der Waals surface area (Å²) < 4.78 is 34.6. The van der Waals surface area contributed by atoms with Gasteiger partial charge in [0.2, 0.25) is 0 Å². The molecule has 1 rings (SSSR count). The summed E-state index contributed by atoms with van der Waals surface area (Å²) in [6.07, 6.45) is 0.696. The maximum atomic E-state index is 10.5. The highest BCUT2D eigenvalue weighted by Gasteiger charge is 2.06. The largest absolute Gasteiger partial charge is 0.497 e. The van der Waals surface area contributed by atoms with E-state index in [4.69, 9.17) is 15.0 Å². The Balaban J connectivity index is 2.39. The fourth-order valence-corrected chi connectivity index (χ4v) is 2.47. The van der Waals surface area contributed by atoms with Crippen LogP contribution in [0.15, 0.2) is 29.3 Å². The zero-order chi connectivity index (χ0) is 14.3. The van der Waals surface area contributed by atoms with Gasteiger partial charge >= 0.3 is 9.15 Å². The quantitative estimate of drug-likeness (QED) is 0.339. The van der Waals surface area contributed by atoms with E-state index in [1.165, 1.54) is 0 Å². The van der Waals surface area contributed by atoms with Gasteiger partial charge in [0, 0.05) is 17.3 Å². The molecule has 0 aliphatic heterocycles. The molecule has 106 valence electrons. The average Bonchev–Trinajstić information content (AvgIpc) is 2.36. The molecule has 3 N–H and O–H groups in total. The Hall–Kier alpha value is -1.25. The summed E-state index contributed by atoms with van der Waals surface area (Å²) in [6.45, 7) is 0.462. The van der Waals surface area contributed by atoms with E-state index >= 15 is 0 Å². The van der Waals surface area contributed by atoms with Gasteiger partial charge in [-0.05, 0) is 24.1 Å². The van der Waals surface area contributed by atoms with Gasteiger partial charge < -0.3 is 10.5 Å². The lowest BCUT2D eigenvalue weighted by molar-refractivity contribution is 0.414. The molecule has 19 heavy (non-hydrogen) atoms. The molecule has 0 radical (unpaired) electrons. The van der Waals surface area contributed by atoms with Crippen LogP contribution >= 0.6 is 10.8 Å². The van der Waals surface area contributed by atoms with Gasteiger partial charge in [-0.2, -0.15) is 8.42 Å². The molecule has 6 nitrogen and oxygen atoms in total. The summed E-state index contributed by atoms with van der Waals surface area (Å²) in [7, 11) is -2.11. The van der Waals surface area contributed by atoms with Crippen LogP contribution in [0.1, 0.15) is 5.56 Å². The van der Waals surface area contributed by atoms with E-state index in [9.17, 15) is 8.42 Å². The normalized spacial score (nSPS) is 12.4. The van der Waals surface area contributed by atoms with Gasteiger partial charge in [0.05, 0.1) is 12.9 Å². The van der Waals surface area contributed by atoms with Crippen LogP contribution in [0, 0.1) is 0 Å². The lowest BCUT2D eigenvalue weighted by Crippen LogP contribution is -2.16. The summed E-state index contributed by atoms with van der Waals surface area (Å²) in [6, 6.07) is 7.57. The zero-order valence-electron chi connectivity index (χ0n) is 10.4. The first-order valence-corrected chi connectivity index (χ1v) is 8.38. The molecule has 8 heteroatoms. The maximum absolute atomic E-state index is 10.5. The van der Waals surface area contributed by atoms with E-state index < -0.39 is 9.15 Å². The Bertz CT molecular complexity index is 526. The van der Waals surface area contributed by atoms with Crippen LogP contribution in [0.25, 0.3) is 0 Å². The fraction of sp³-hybridized carbons (Fsp3) is 0.364. The lowest BCUT2D eigenvalue weighted by Gasteiger charge is -2.02. The summed E-state index contributed by atoms with van der Waals surface area (Å²) in [4.78, 5) is 4.03. The first-order valence-electron chi connectivity index (χ1n) is 5.44. The van der Waals surface area contributed by atoms with Crippen molar-refractivity contribution in [1.29, 1.82) is 0 Å². The minimum Gasteiger partial charge on any atom is -0.497 e. The number of nitrogens with zero attached hydrogens (tertiary/aromatic N) is 1. The van der Waals surface area contributed by atoms with Crippen molar-refractivity contribution in [1.82, 2.24) is 0 Å². The molecular formula is C11H16N2O4S2. The molecule has 0 heterocycles. The van der Waals surface area contributed by atoms with Crippen molar-refractivity contribution in [2.75, 3.05) is 19.4 Å². The lowest BCUT2D eigenvalue weighted by atomic mass is 10.1. The van der Waals surface area contributed by atoms with E-state index in [0.717, 1.165) is 11.3 Å². The summed E-state index contributed by atoms with van der Waals surface area (Å²) in [5.41, 5.74) is 6.61. The number of hydrogen-bond donors (Lipinski definition) is 2. The molecule has 0 unspecified atom stereocenters. The van der Waals surface area contributed by atoms with E-state index in [2.05, 4.69) is 4.99 Å². The molecule has 0 fully saturated rings. The number of hydrogen-bond acceptors (Lipinski definition) is 5. The number of aliphatic imine (C=N–C) groups is 1. The fourth-order valence-electron chi connectivity index (χ4n) is 1.30. The number of methoxy groups -OCH3 is 1. The summed E-state index contributed by atoms with van der Waals surface area (Å²) in [5.74, 6) is 0.939. The summed E-state index contributed by atoms with van der Waals surface area (Å²) >= 11 is 0. The second-order valence-electron chi connectivity index (χ2n) is 3.66. The highest BCUT2D eigenvalue weighted by atomic mass is 33.1. The average molecular weight is 304 g/mol. The van der Waals surface area contributed by atoms with Crippen molar-refractivity contribution >= 4 is 25.8 Å². The van der Waals surface area contributed by atoms with Crippen molar-refractivity contribution in [2.24, 2.45) is 10.7 Å². The molecule has 1 aromatic rings. The minimum absolute atomic E-state index is 0.0402. The number of ether oxygens (including phenoxy) is 1. The van der Waals surface area contributed by atoms with Gasteiger partial charge in [-0.15, -0.1) is 0 Å². The first kappa shape index (κ1) is 15.8. The van der Waals surface area contributed by atoms with E-state index in [1.807, 2.05) is 24.3 Å². The van der Waals surface area contributed by atoms with Crippen LogP contribution in [-0.2, 0) is 15.6 Å². The Morgan fingerprint density at radius 3 is 2.58 bits per heavy atom. The molecule has 0 spiro atoms. The topological polar surface area (TPSA) is 102 Å². The van der Waals surface area contributed by atoms with Crippen LogP contribution in [0.5, 0.6) is 5.75 Å².